The maximum Gasteiger partial charge on any atom is 0.283 e. The molecule has 1 unspecified atom stereocenters. The van der Waals surface area contributed by atoms with Crippen LogP contribution < -0.4 is 15.8 Å². The van der Waals surface area contributed by atoms with E-state index in [0.717, 1.165) is 74.8 Å². The molecule has 0 spiro atoms. The lowest BCUT2D eigenvalue weighted by atomic mass is 9.90. The van der Waals surface area contributed by atoms with Gasteiger partial charge in [-0.15, -0.1) is 0 Å². The summed E-state index contributed by atoms with van der Waals surface area (Å²) in [6.45, 7) is 9.65. The molecule has 0 aromatic carbocycles. The van der Waals surface area contributed by atoms with Crippen molar-refractivity contribution in [1.29, 1.82) is 0 Å². The quantitative estimate of drug-likeness (QED) is 0.271. The third-order valence-electron chi connectivity index (χ3n) is 10.1. The molecule has 13 nitrogen and oxygen atoms in total. The van der Waals surface area contributed by atoms with Crippen molar-refractivity contribution in [2.24, 2.45) is 5.41 Å². The molecule has 7 heterocycles. The van der Waals surface area contributed by atoms with E-state index in [9.17, 15) is 15.0 Å². The fourth-order valence-corrected chi connectivity index (χ4v) is 7.40. The van der Waals surface area contributed by atoms with Crippen molar-refractivity contribution in [3.8, 4) is 5.82 Å². The summed E-state index contributed by atoms with van der Waals surface area (Å²) in [4.78, 5) is 29.5. The van der Waals surface area contributed by atoms with Crippen LogP contribution in [0.2, 0.25) is 0 Å². The average Bonchev–Trinajstić information content (AvgIpc) is 3.55. The standard InChI is InChI=1S/C35H41N9O4/c1-35(2)14-22-13-29-34(47)43(21-38-44(29)30(22)15-35)32-27(18-45)26(6-7-36-32)23-12-28(33(46)40(3)17-23)39-31-5-4-24(16-37-31)41-8-10-42(11-9-41)25-19-48-20-25/h4-7,12-13,16-17,21,25,33,45-46H,8-11,14-15,18-20H2,1-3H3,(H,37,39). The minimum Gasteiger partial charge on any atom is -0.392 e. The highest BCUT2D eigenvalue weighted by atomic mass is 16.5. The molecular weight excluding hydrogens is 610 g/mol. The van der Waals surface area contributed by atoms with E-state index in [-0.39, 0.29) is 17.6 Å². The maximum atomic E-state index is 13.8. The highest BCUT2D eigenvalue weighted by Gasteiger charge is 2.33. The number of anilines is 2. The number of aliphatic hydroxyl groups is 2. The summed E-state index contributed by atoms with van der Waals surface area (Å²) >= 11 is 0. The predicted molar refractivity (Wildman–Crippen MR) is 182 cm³/mol. The molecular formula is C35H41N9O4. The van der Waals surface area contributed by atoms with Crippen molar-refractivity contribution >= 4 is 22.6 Å². The molecule has 1 atom stereocenters. The summed E-state index contributed by atoms with van der Waals surface area (Å²) in [5.41, 5.74) is 6.09. The Balaban J connectivity index is 1.05. The molecule has 4 aromatic heterocycles. The van der Waals surface area contributed by atoms with Crippen LogP contribution in [0.25, 0.3) is 16.9 Å². The van der Waals surface area contributed by atoms with Crippen molar-refractivity contribution in [3.63, 3.8) is 0 Å². The summed E-state index contributed by atoms with van der Waals surface area (Å²) in [6.07, 6.45) is 9.43. The van der Waals surface area contributed by atoms with Crippen molar-refractivity contribution in [2.45, 2.75) is 45.6 Å². The number of hydrogen-bond donors (Lipinski definition) is 3. The molecule has 4 aliphatic rings. The number of nitrogens with zero attached hydrogens (tertiary/aromatic N) is 8. The Kier molecular flexibility index (Phi) is 7.59. The first-order valence-corrected chi connectivity index (χ1v) is 16.5. The zero-order valence-corrected chi connectivity index (χ0v) is 27.5. The van der Waals surface area contributed by atoms with Gasteiger partial charge in [0, 0.05) is 62.5 Å². The molecule has 0 saturated carbocycles. The second kappa shape index (κ2) is 11.8. The molecule has 0 bridgehead atoms. The topological polar surface area (TPSA) is 137 Å². The van der Waals surface area contributed by atoms with Crippen LogP contribution in [0.4, 0.5) is 11.5 Å². The highest BCUT2D eigenvalue weighted by Crippen LogP contribution is 2.37. The van der Waals surface area contributed by atoms with Crippen LogP contribution in [0.15, 0.2) is 65.8 Å². The Bertz CT molecular complexity index is 1990. The van der Waals surface area contributed by atoms with Gasteiger partial charge < -0.3 is 30.1 Å². The Labute approximate surface area is 278 Å². The van der Waals surface area contributed by atoms with E-state index in [4.69, 9.17) is 4.74 Å². The molecule has 3 aliphatic heterocycles. The average molecular weight is 652 g/mol. The van der Waals surface area contributed by atoms with E-state index in [2.05, 4.69) is 50.1 Å². The number of likely N-dealkylation sites (N-methyl/N-ethyl adjacent to an activating group) is 1. The third kappa shape index (κ3) is 5.36. The van der Waals surface area contributed by atoms with Gasteiger partial charge in [0.2, 0.25) is 0 Å². The van der Waals surface area contributed by atoms with E-state index < -0.39 is 6.23 Å². The number of rotatable bonds is 7. The van der Waals surface area contributed by atoms with Crippen molar-refractivity contribution < 1.29 is 14.9 Å². The van der Waals surface area contributed by atoms with E-state index in [0.29, 0.717) is 40.0 Å². The number of fused-ring (bicyclic) bond motifs is 3. The van der Waals surface area contributed by atoms with Crippen LogP contribution in [-0.2, 0) is 24.2 Å². The van der Waals surface area contributed by atoms with Gasteiger partial charge in [-0.25, -0.2) is 19.1 Å². The Morgan fingerprint density at radius 3 is 2.60 bits per heavy atom. The molecule has 1 aliphatic carbocycles. The van der Waals surface area contributed by atoms with Gasteiger partial charge in [-0.3, -0.25) is 9.69 Å². The number of allylic oxidation sites excluding steroid dienone is 2. The highest BCUT2D eigenvalue weighted by molar-refractivity contribution is 5.79. The smallest absolute Gasteiger partial charge is 0.283 e. The van der Waals surface area contributed by atoms with Crippen LogP contribution in [0, 0.1) is 5.41 Å². The summed E-state index contributed by atoms with van der Waals surface area (Å²) in [5, 5.41) is 29.6. The zero-order valence-electron chi connectivity index (χ0n) is 27.5. The molecule has 0 radical (unpaired) electrons. The largest absolute Gasteiger partial charge is 0.392 e. The van der Waals surface area contributed by atoms with E-state index in [1.165, 1.54) is 10.9 Å². The number of pyridine rings is 2. The van der Waals surface area contributed by atoms with Gasteiger partial charge in [0.05, 0.1) is 43.4 Å². The second-order valence-corrected chi connectivity index (χ2v) is 14.0. The van der Waals surface area contributed by atoms with Gasteiger partial charge in [0.1, 0.15) is 23.5 Å². The summed E-state index contributed by atoms with van der Waals surface area (Å²) in [5.74, 6) is 0.920. The van der Waals surface area contributed by atoms with Gasteiger partial charge in [-0.2, -0.15) is 5.10 Å². The molecule has 250 valence electrons. The number of nitrogens with one attached hydrogen (secondary N) is 1. The minimum absolute atomic E-state index is 0.138. The molecule has 13 heteroatoms. The van der Waals surface area contributed by atoms with E-state index in [1.807, 2.05) is 30.6 Å². The van der Waals surface area contributed by atoms with Crippen LogP contribution >= 0.6 is 0 Å². The number of aliphatic hydroxyl groups excluding tert-OH is 2. The zero-order chi connectivity index (χ0) is 33.2. The SMILES string of the molecule is CN1C=C(c2ccnc(-n3cnn4c5c(cc4c3=O)CC(C)(C)C5)c2CO)C=C(Nc2ccc(N3CCN(C4COC4)CC3)cn2)C1O. The molecule has 0 amide bonds. The van der Waals surface area contributed by atoms with Gasteiger partial charge in [-0.1, -0.05) is 13.8 Å². The number of piperazine rings is 1. The van der Waals surface area contributed by atoms with Crippen molar-refractivity contribution in [3.05, 3.63) is 93.7 Å². The van der Waals surface area contributed by atoms with Gasteiger partial charge in [0.15, 0.2) is 6.23 Å². The predicted octanol–water partition coefficient (Wildman–Crippen LogP) is 2.01. The lowest BCUT2D eigenvalue weighted by Gasteiger charge is -2.43. The first-order chi connectivity index (χ1) is 23.2. The van der Waals surface area contributed by atoms with E-state index in [1.54, 1.807) is 28.7 Å². The summed E-state index contributed by atoms with van der Waals surface area (Å²) < 4.78 is 8.51. The van der Waals surface area contributed by atoms with Crippen LogP contribution in [0.5, 0.6) is 0 Å². The van der Waals surface area contributed by atoms with Crippen LogP contribution in [0.1, 0.15) is 36.2 Å². The first kappa shape index (κ1) is 30.8. The fourth-order valence-electron chi connectivity index (χ4n) is 7.40. The van der Waals surface area contributed by atoms with Crippen LogP contribution in [-0.4, -0.2) is 103 Å². The van der Waals surface area contributed by atoms with Gasteiger partial charge >= 0.3 is 0 Å². The van der Waals surface area contributed by atoms with E-state index >= 15 is 0 Å². The van der Waals surface area contributed by atoms with Crippen molar-refractivity contribution in [1.82, 2.24) is 33.9 Å². The van der Waals surface area contributed by atoms with Gasteiger partial charge in [0.25, 0.3) is 5.56 Å². The fraction of sp³-hybridized carbons (Fsp3) is 0.429. The molecule has 8 rings (SSSR count). The second-order valence-electron chi connectivity index (χ2n) is 14.0. The first-order valence-electron chi connectivity index (χ1n) is 16.5. The lowest BCUT2D eigenvalue weighted by molar-refractivity contribution is -0.0660. The molecule has 2 fully saturated rings. The van der Waals surface area contributed by atoms with Gasteiger partial charge in [-0.05, 0) is 59.7 Å². The van der Waals surface area contributed by atoms with Crippen molar-refractivity contribution in [2.75, 3.05) is 56.7 Å². The Hall–Kier alpha value is -4.56. The summed E-state index contributed by atoms with van der Waals surface area (Å²) in [7, 11) is 1.78. The minimum atomic E-state index is -0.937. The lowest BCUT2D eigenvalue weighted by Crippen LogP contribution is -2.56. The molecule has 2 saturated heterocycles. The number of hydrogen-bond acceptors (Lipinski definition) is 11. The number of ether oxygens (including phenoxy) is 1. The maximum absolute atomic E-state index is 13.8. The molecule has 4 aromatic rings. The monoisotopic (exact) mass is 651 g/mol. The van der Waals surface area contributed by atoms with Crippen LogP contribution in [0.3, 0.4) is 0 Å². The summed E-state index contributed by atoms with van der Waals surface area (Å²) in [6, 6.07) is 8.27. The molecule has 3 N–H and O–H groups in total. The Morgan fingerprint density at radius 2 is 1.90 bits per heavy atom. The Morgan fingerprint density at radius 1 is 1.08 bits per heavy atom. The molecule has 48 heavy (non-hydrogen) atoms. The normalized spacial score (nSPS) is 21.2. The number of aromatic nitrogens is 5. The third-order valence-corrected chi connectivity index (χ3v) is 10.1.